The molecule has 0 unspecified atom stereocenters. The Morgan fingerprint density at radius 3 is 2.87 bits per heavy atom. The van der Waals surface area contributed by atoms with Gasteiger partial charge in [-0.3, -0.25) is 0 Å². The predicted molar refractivity (Wildman–Crippen MR) is 55.8 cm³/mol. The second-order valence-corrected chi connectivity index (χ2v) is 3.26. The summed E-state index contributed by atoms with van der Waals surface area (Å²) in [6.45, 7) is 0.360. The Kier molecular flexibility index (Phi) is 4.07. The molecule has 1 aromatic carbocycles. The second kappa shape index (κ2) is 5.32. The van der Waals surface area contributed by atoms with Crippen LogP contribution in [0.25, 0.3) is 0 Å². The third-order valence-corrected chi connectivity index (χ3v) is 2.18. The first kappa shape index (κ1) is 11.5. The lowest BCUT2D eigenvalue weighted by atomic mass is 10.1. The molecular weight excluding hydrogens is 195 g/mol. The molecule has 0 bridgehead atoms. The highest BCUT2D eigenvalue weighted by atomic mass is 19.1. The fourth-order valence-corrected chi connectivity index (χ4v) is 1.39. The SMILES string of the molecule is CN(CCC#N)c1ccc(F)cc1CO. The molecule has 1 N–H and O–H groups in total. The summed E-state index contributed by atoms with van der Waals surface area (Å²) in [7, 11) is 1.81. The average Bonchev–Trinajstić information content (AvgIpc) is 2.25. The van der Waals surface area contributed by atoms with Crippen molar-refractivity contribution in [2.24, 2.45) is 0 Å². The van der Waals surface area contributed by atoms with Gasteiger partial charge >= 0.3 is 0 Å². The fourth-order valence-electron chi connectivity index (χ4n) is 1.39. The van der Waals surface area contributed by atoms with Crippen molar-refractivity contribution in [3.8, 4) is 6.07 Å². The van der Waals surface area contributed by atoms with Gasteiger partial charge in [0.2, 0.25) is 0 Å². The third-order valence-electron chi connectivity index (χ3n) is 2.18. The minimum atomic E-state index is -0.364. The summed E-state index contributed by atoms with van der Waals surface area (Å²) in [4.78, 5) is 1.83. The van der Waals surface area contributed by atoms with E-state index in [1.54, 1.807) is 6.07 Å². The van der Waals surface area contributed by atoms with Gasteiger partial charge < -0.3 is 10.0 Å². The minimum absolute atomic E-state index is 0.204. The fraction of sp³-hybridized carbons (Fsp3) is 0.364. The summed E-state index contributed by atoms with van der Waals surface area (Å²) < 4.78 is 12.9. The molecular formula is C11H13FN2O. The van der Waals surface area contributed by atoms with E-state index in [0.717, 1.165) is 5.69 Å². The van der Waals surface area contributed by atoms with E-state index in [4.69, 9.17) is 10.4 Å². The summed E-state index contributed by atoms with van der Waals surface area (Å²) in [5, 5.41) is 17.5. The third kappa shape index (κ3) is 2.93. The Hall–Kier alpha value is -1.60. The van der Waals surface area contributed by atoms with Crippen LogP contribution in [0, 0.1) is 17.1 Å². The molecule has 80 valence electrons. The molecule has 0 fully saturated rings. The predicted octanol–water partition coefficient (Wildman–Crippen LogP) is 1.67. The van der Waals surface area contributed by atoms with Crippen LogP contribution in [0.4, 0.5) is 10.1 Å². The minimum Gasteiger partial charge on any atom is -0.392 e. The molecule has 0 saturated heterocycles. The van der Waals surface area contributed by atoms with E-state index in [1.165, 1.54) is 12.1 Å². The summed E-state index contributed by atoms with van der Waals surface area (Å²) in [6, 6.07) is 6.30. The second-order valence-electron chi connectivity index (χ2n) is 3.26. The molecule has 0 atom stereocenters. The van der Waals surface area contributed by atoms with Gasteiger partial charge in [0.25, 0.3) is 0 Å². The van der Waals surface area contributed by atoms with E-state index in [9.17, 15) is 4.39 Å². The number of nitrogens with zero attached hydrogens (tertiary/aromatic N) is 2. The molecule has 0 aliphatic heterocycles. The zero-order valence-corrected chi connectivity index (χ0v) is 8.57. The van der Waals surface area contributed by atoms with E-state index < -0.39 is 0 Å². The number of aliphatic hydroxyl groups is 1. The normalized spacial score (nSPS) is 9.73. The van der Waals surface area contributed by atoms with Crippen LogP contribution in [-0.4, -0.2) is 18.7 Å². The number of anilines is 1. The average molecular weight is 208 g/mol. The monoisotopic (exact) mass is 208 g/mol. The molecule has 0 saturated carbocycles. The summed E-state index contributed by atoms with van der Waals surface area (Å²) in [6.07, 6.45) is 0.402. The Morgan fingerprint density at radius 1 is 1.53 bits per heavy atom. The molecule has 0 aliphatic carbocycles. The molecule has 4 heteroatoms. The largest absolute Gasteiger partial charge is 0.392 e. The first-order valence-corrected chi connectivity index (χ1v) is 4.66. The Labute approximate surface area is 88.4 Å². The maximum Gasteiger partial charge on any atom is 0.123 e. The maximum absolute atomic E-state index is 12.9. The van der Waals surface area contributed by atoms with E-state index in [2.05, 4.69) is 0 Å². The van der Waals surface area contributed by atoms with E-state index in [0.29, 0.717) is 18.5 Å². The molecule has 0 amide bonds. The number of benzene rings is 1. The zero-order chi connectivity index (χ0) is 11.3. The maximum atomic E-state index is 12.9. The molecule has 0 aliphatic rings. The Balaban J connectivity index is 2.88. The molecule has 0 aromatic heterocycles. The van der Waals surface area contributed by atoms with Crippen molar-refractivity contribution in [1.82, 2.24) is 0 Å². The number of halogens is 1. The Morgan fingerprint density at radius 2 is 2.27 bits per heavy atom. The van der Waals surface area contributed by atoms with Gasteiger partial charge in [-0.1, -0.05) is 0 Å². The van der Waals surface area contributed by atoms with E-state index >= 15 is 0 Å². The van der Waals surface area contributed by atoms with E-state index in [1.807, 2.05) is 18.0 Å². The van der Waals surface area contributed by atoms with Crippen molar-refractivity contribution >= 4 is 5.69 Å². The number of hydrogen-bond acceptors (Lipinski definition) is 3. The highest BCUT2D eigenvalue weighted by molar-refractivity contribution is 5.53. The molecule has 0 heterocycles. The smallest absolute Gasteiger partial charge is 0.123 e. The molecule has 3 nitrogen and oxygen atoms in total. The van der Waals surface area contributed by atoms with Crippen LogP contribution in [0.3, 0.4) is 0 Å². The molecule has 0 spiro atoms. The van der Waals surface area contributed by atoms with Crippen LogP contribution in [0.2, 0.25) is 0 Å². The lowest BCUT2D eigenvalue weighted by Crippen LogP contribution is -2.19. The first-order chi connectivity index (χ1) is 7.19. The van der Waals surface area contributed by atoms with Gasteiger partial charge in [0.05, 0.1) is 19.1 Å². The van der Waals surface area contributed by atoms with Crippen LogP contribution >= 0.6 is 0 Å². The number of rotatable bonds is 4. The quantitative estimate of drug-likeness (QED) is 0.818. The molecule has 15 heavy (non-hydrogen) atoms. The number of hydrogen-bond donors (Lipinski definition) is 1. The van der Waals surface area contributed by atoms with Crippen molar-refractivity contribution in [3.63, 3.8) is 0 Å². The van der Waals surface area contributed by atoms with Crippen LogP contribution < -0.4 is 4.90 Å². The van der Waals surface area contributed by atoms with Crippen molar-refractivity contribution in [1.29, 1.82) is 5.26 Å². The van der Waals surface area contributed by atoms with Crippen molar-refractivity contribution in [2.45, 2.75) is 13.0 Å². The highest BCUT2D eigenvalue weighted by Gasteiger charge is 2.07. The summed E-state index contributed by atoms with van der Waals surface area (Å²) in [5.74, 6) is -0.364. The van der Waals surface area contributed by atoms with Gasteiger partial charge in [0, 0.05) is 24.8 Å². The number of aliphatic hydroxyl groups excluding tert-OH is 1. The van der Waals surface area contributed by atoms with Gasteiger partial charge in [-0.25, -0.2) is 4.39 Å². The van der Waals surface area contributed by atoms with Crippen LogP contribution in [-0.2, 0) is 6.61 Å². The van der Waals surface area contributed by atoms with Crippen molar-refractivity contribution in [3.05, 3.63) is 29.6 Å². The van der Waals surface area contributed by atoms with Crippen LogP contribution in [0.5, 0.6) is 0 Å². The van der Waals surface area contributed by atoms with Crippen LogP contribution in [0.15, 0.2) is 18.2 Å². The molecule has 0 radical (unpaired) electrons. The van der Waals surface area contributed by atoms with Crippen molar-refractivity contribution in [2.75, 3.05) is 18.5 Å². The standard InChI is InChI=1S/C11H13FN2O/c1-14(6-2-5-13)11-4-3-10(12)7-9(11)8-15/h3-4,7,15H,2,6,8H2,1H3. The zero-order valence-electron chi connectivity index (χ0n) is 8.57. The van der Waals surface area contributed by atoms with Crippen LogP contribution in [0.1, 0.15) is 12.0 Å². The first-order valence-electron chi connectivity index (χ1n) is 4.66. The Bertz CT molecular complexity index is 373. The van der Waals surface area contributed by atoms with Gasteiger partial charge in [-0.2, -0.15) is 5.26 Å². The summed E-state index contributed by atoms with van der Waals surface area (Å²) in [5.41, 5.74) is 1.30. The van der Waals surface area contributed by atoms with Gasteiger partial charge in [0.15, 0.2) is 0 Å². The van der Waals surface area contributed by atoms with E-state index in [-0.39, 0.29) is 12.4 Å². The lowest BCUT2D eigenvalue weighted by Gasteiger charge is -2.20. The lowest BCUT2D eigenvalue weighted by molar-refractivity contribution is 0.281. The molecule has 1 aromatic rings. The van der Waals surface area contributed by atoms with Crippen molar-refractivity contribution < 1.29 is 9.50 Å². The van der Waals surface area contributed by atoms with Gasteiger partial charge in [-0.15, -0.1) is 0 Å². The molecule has 1 rings (SSSR count). The van der Waals surface area contributed by atoms with Gasteiger partial charge in [-0.05, 0) is 18.2 Å². The number of nitriles is 1. The summed E-state index contributed by atoms with van der Waals surface area (Å²) >= 11 is 0. The van der Waals surface area contributed by atoms with Gasteiger partial charge in [0.1, 0.15) is 5.82 Å². The topological polar surface area (TPSA) is 47.3 Å². The highest BCUT2D eigenvalue weighted by Crippen LogP contribution is 2.20.